The Labute approximate surface area is 111 Å². The largest absolute Gasteiger partial charge is 0.369 e. The van der Waals surface area contributed by atoms with E-state index in [0.717, 1.165) is 11.1 Å². The summed E-state index contributed by atoms with van der Waals surface area (Å²) in [6, 6.07) is 18.9. The van der Waals surface area contributed by atoms with Crippen molar-refractivity contribution in [1.29, 1.82) is 0 Å². The molecule has 2 aromatic rings. The summed E-state index contributed by atoms with van der Waals surface area (Å²) in [4.78, 5) is 12.0. The van der Waals surface area contributed by atoms with E-state index in [1.54, 1.807) is 0 Å². The van der Waals surface area contributed by atoms with Crippen LogP contribution in [0.5, 0.6) is 0 Å². The van der Waals surface area contributed by atoms with Crippen LogP contribution in [-0.2, 0) is 4.79 Å². The minimum Gasteiger partial charge on any atom is -0.369 e. The number of benzene rings is 2. The fourth-order valence-electron chi connectivity index (χ4n) is 2.34. The molecule has 1 amide bonds. The zero-order chi connectivity index (χ0) is 13.2. The molecule has 0 saturated heterocycles. The van der Waals surface area contributed by atoms with E-state index in [1.165, 1.54) is 0 Å². The first kappa shape index (κ1) is 11.7. The molecule has 3 nitrogen and oxygen atoms in total. The van der Waals surface area contributed by atoms with E-state index in [1.807, 2.05) is 60.7 Å². The molecule has 1 atom stereocenters. The monoisotopic (exact) mass is 251 g/mol. The first-order valence-corrected chi connectivity index (χ1v) is 6.11. The Kier molecular flexibility index (Phi) is 2.89. The lowest BCUT2D eigenvalue weighted by Crippen LogP contribution is -2.27. The summed E-state index contributed by atoms with van der Waals surface area (Å²) >= 11 is 0. The van der Waals surface area contributed by atoms with Gasteiger partial charge in [0.2, 0.25) is 0 Å². The van der Waals surface area contributed by atoms with Crippen LogP contribution in [0.4, 0.5) is 0 Å². The van der Waals surface area contributed by atoms with Gasteiger partial charge in [-0.1, -0.05) is 60.7 Å². The van der Waals surface area contributed by atoms with E-state index in [2.05, 4.69) is 5.32 Å². The highest BCUT2D eigenvalue weighted by atomic mass is 16.3. The van der Waals surface area contributed by atoms with Crippen molar-refractivity contribution in [3.05, 3.63) is 71.8 Å². The highest BCUT2D eigenvalue weighted by Gasteiger charge is 2.31. The van der Waals surface area contributed by atoms with Gasteiger partial charge < -0.3 is 10.4 Å². The van der Waals surface area contributed by atoms with Crippen LogP contribution in [-0.4, -0.2) is 17.2 Å². The molecule has 0 aliphatic carbocycles. The highest BCUT2D eigenvalue weighted by Crippen LogP contribution is 2.32. The Morgan fingerprint density at radius 2 is 1.37 bits per heavy atom. The number of aliphatic hydroxyl groups is 1. The summed E-state index contributed by atoms with van der Waals surface area (Å²) < 4.78 is 0. The Bertz CT molecular complexity index is 632. The van der Waals surface area contributed by atoms with Crippen LogP contribution in [0, 0.1) is 0 Å². The Hall–Kier alpha value is -2.39. The van der Waals surface area contributed by atoms with Gasteiger partial charge in [0, 0.05) is 5.57 Å². The van der Waals surface area contributed by atoms with E-state index in [0.29, 0.717) is 11.1 Å². The Balaban J connectivity index is 2.21. The number of hydrogen-bond acceptors (Lipinski definition) is 2. The van der Waals surface area contributed by atoms with Crippen molar-refractivity contribution >= 4 is 17.1 Å². The van der Waals surface area contributed by atoms with Gasteiger partial charge in [0.25, 0.3) is 5.91 Å². The minimum atomic E-state index is -0.954. The third-order valence-corrected chi connectivity index (χ3v) is 3.18. The quantitative estimate of drug-likeness (QED) is 0.858. The van der Waals surface area contributed by atoms with Gasteiger partial charge in [-0.3, -0.25) is 4.79 Å². The number of hydrogen-bond donors (Lipinski definition) is 2. The van der Waals surface area contributed by atoms with E-state index < -0.39 is 6.23 Å². The molecule has 1 aliphatic heterocycles. The van der Waals surface area contributed by atoms with Crippen LogP contribution >= 0.6 is 0 Å². The van der Waals surface area contributed by atoms with Crippen molar-refractivity contribution in [1.82, 2.24) is 5.32 Å². The smallest absolute Gasteiger partial charge is 0.254 e. The van der Waals surface area contributed by atoms with Crippen LogP contribution in [0.2, 0.25) is 0 Å². The normalized spacial score (nSPS) is 18.6. The molecule has 0 bridgehead atoms. The van der Waals surface area contributed by atoms with E-state index in [4.69, 9.17) is 0 Å². The second kappa shape index (κ2) is 4.71. The molecule has 2 aromatic carbocycles. The van der Waals surface area contributed by atoms with Crippen molar-refractivity contribution in [3.63, 3.8) is 0 Å². The summed E-state index contributed by atoms with van der Waals surface area (Å²) in [6.07, 6.45) is -0.954. The van der Waals surface area contributed by atoms with Gasteiger partial charge in [-0.2, -0.15) is 0 Å². The van der Waals surface area contributed by atoms with Crippen LogP contribution in [0.3, 0.4) is 0 Å². The molecule has 1 aliphatic rings. The van der Waals surface area contributed by atoms with E-state index in [-0.39, 0.29) is 5.91 Å². The summed E-state index contributed by atoms with van der Waals surface area (Å²) in [5.41, 5.74) is 2.85. The second-order valence-corrected chi connectivity index (χ2v) is 4.40. The predicted molar refractivity (Wildman–Crippen MR) is 73.8 cm³/mol. The molecular formula is C16H13NO2. The van der Waals surface area contributed by atoms with Crippen LogP contribution in [0.15, 0.2) is 60.7 Å². The number of nitrogens with one attached hydrogen (secondary N) is 1. The van der Waals surface area contributed by atoms with Crippen molar-refractivity contribution in [2.24, 2.45) is 0 Å². The van der Waals surface area contributed by atoms with Crippen molar-refractivity contribution < 1.29 is 9.90 Å². The lowest BCUT2D eigenvalue weighted by molar-refractivity contribution is -0.116. The molecule has 94 valence electrons. The lowest BCUT2D eigenvalue weighted by atomic mass is 9.96. The predicted octanol–water partition coefficient (Wildman–Crippen LogP) is 2.05. The number of amides is 1. The average Bonchev–Trinajstić information content (AvgIpc) is 2.75. The number of rotatable bonds is 2. The molecule has 1 unspecified atom stereocenters. The van der Waals surface area contributed by atoms with Crippen LogP contribution < -0.4 is 5.32 Å². The molecule has 0 fully saturated rings. The first-order valence-electron chi connectivity index (χ1n) is 6.11. The average molecular weight is 251 g/mol. The second-order valence-electron chi connectivity index (χ2n) is 4.40. The molecule has 19 heavy (non-hydrogen) atoms. The lowest BCUT2D eigenvalue weighted by Gasteiger charge is -2.09. The Morgan fingerprint density at radius 3 is 1.95 bits per heavy atom. The highest BCUT2D eigenvalue weighted by molar-refractivity contribution is 6.30. The van der Waals surface area contributed by atoms with Gasteiger partial charge in [0.15, 0.2) is 6.23 Å². The van der Waals surface area contributed by atoms with Gasteiger partial charge >= 0.3 is 0 Å². The molecule has 2 N–H and O–H groups in total. The maximum absolute atomic E-state index is 12.0. The molecule has 0 aromatic heterocycles. The van der Waals surface area contributed by atoms with Gasteiger partial charge in [-0.25, -0.2) is 0 Å². The minimum absolute atomic E-state index is 0.238. The summed E-state index contributed by atoms with van der Waals surface area (Å²) in [6.45, 7) is 0. The molecular weight excluding hydrogens is 238 g/mol. The first-order chi connectivity index (χ1) is 9.27. The maximum Gasteiger partial charge on any atom is 0.254 e. The molecule has 3 rings (SSSR count). The van der Waals surface area contributed by atoms with Crippen molar-refractivity contribution in [2.75, 3.05) is 0 Å². The van der Waals surface area contributed by atoms with Crippen LogP contribution in [0.1, 0.15) is 11.1 Å². The number of carbonyl (C=O) groups excluding carboxylic acids is 1. The number of carbonyl (C=O) groups is 1. The summed E-state index contributed by atoms with van der Waals surface area (Å²) in [7, 11) is 0. The molecule has 0 spiro atoms. The summed E-state index contributed by atoms with van der Waals surface area (Å²) in [5.74, 6) is -0.238. The van der Waals surface area contributed by atoms with Crippen molar-refractivity contribution in [3.8, 4) is 0 Å². The fourth-order valence-corrected chi connectivity index (χ4v) is 2.34. The van der Waals surface area contributed by atoms with Gasteiger partial charge in [-0.05, 0) is 11.1 Å². The summed E-state index contributed by atoms with van der Waals surface area (Å²) in [5, 5.41) is 12.6. The molecule has 0 radical (unpaired) electrons. The zero-order valence-electron chi connectivity index (χ0n) is 10.2. The third-order valence-electron chi connectivity index (χ3n) is 3.18. The van der Waals surface area contributed by atoms with Gasteiger partial charge in [0.05, 0.1) is 5.57 Å². The standard InChI is InChI=1S/C16H13NO2/c18-15-13(11-7-3-1-4-8-11)14(16(19)17-15)12-9-5-2-6-10-12/h1-10,15,18H,(H,17,19). The SMILES string of the molecule is O=C1NC(O)C(c2ccccc2)=C1c1ccccc1. The maximum atomic E-state index is 12.0. The molecule has 1 heterocycles. The zero-order valence-corrected chi connectivity index (χ0v) is 10.2. The molecule has 3 heteroatoms. The van der Waals surface area contributed by atoms with E-state index >= 15 is 0 Å². The third kappa shape index (κ3) is 2.04. The number of aliphatic hydroxyl groups excluding tert-OH is 1. The van der Waals surface area contributed by atoms with E-state index in [9.17, 15) is 9.90 Å². The topological polar surface area (TPSA) is 49.3 Å². The fraction of sp³-hybridized carbons (Fsp3) is 0.0625. The van der Waals surface area contributed by atoms with Crippen LogP contribution in [0.25, 0.3) is 11.1 Å². The Morgan fingerprint density at radius 1 is 0.842 bits per heavy atom. The molecule has 0 saturated carbocycles. The van der Waals surface area contributed by atoms with Gasteiger partial charge in [-0.15, -0.1) is 0 Å². The van der Waals surface area contributed by atoms with Gasteiger partial charge in [0.1, 0.15) is 0 Å². The van der Waals surface area contributed by atoms with Crippen molar-refractivity contribution in [2.45, 2.75) is 6.23 Å².